The average Bonchev–Trinajstić information content (AvgIpc) is 3.80. The Morgan fingerprint density at radius 1 is 0.560 bits per heavy atom. The molecule has 2 nitrogen and oxygen atoms in total. The van der Waals surface area contributed by atoms with Crippen LogP contribution in [0.15, 0.2) is 103 Å². The summed E-state index contributed by atoms with van der Waals surface area (Å²) in [6.07, 6.45) is 12.1. The van der Waals surface area contributed by atoms with E-state index in [9.17, 15) is 0 Å². The number of aryl methyl sites for hydroxylation is 1. The zero-order valence-electron chi connectivity index (χ0n) is 48.8. The van der Waals surface area contributed by atoms with Gasteiger partial charge in [-0.05, 0) is 205 Å². The Labute approximate surface area is 456 Å². The van der Waals surface area contributed by atoms with Crippen LogP contribution in [0.1, 0.15) is 213 Å². The molecule has 1 fully saturated rings. The molecule has 0 spiro atoms. The number of hydrogen-bond donors (Lipinski definition) is 0. The number of fused-ring (bicyclic) bond motifs is 9. The summed E-state index contributed by atoms with van der Waals surface area (Å²) in [6.45, 7) is 39.4. The molecule has 1 aromatic heterocycles. The summed E-state index contributed by atoms with van der Waals surface area (Å²) in [4.78, 5) is 5.57. The molecule has 6 aromatic carbocycles. The number of thiophene rings is 1. The normalized spacial score (nSPS) is 21.2. The van der Waals surface area contributed by atoms with E-state index >= 15 is 0 Å². The highest BCUT2D eigenvalue weighted by Gasteiger charge is 2.51. The third-order valence-corrected chi connectivity index (χ3v) is 21.4. The van der Waals surface area contributed by atoms with Crippen LogP contribution in [0, 0.1) is 0 Å². The highest BCUT2D eigenvalue weighted by atomic mass is 32.1. The summed E-state index contributed by atoms with van der Waals surface area (Å²) in [5.41, 5.74) is 25.8. The summed E-state index contributed by atoms with van der Waals surface area (Å²) in [7, 11) is 0. The SMILES string of the molecule is CCCCC(C)(C)c1cc(N2c3ccc(C(C)(C)C)cc3B3c4sc5cc6c(cc5c4N(c4cc5c(cc4-c4ccccc4)C(C)(C)CCC5(C)C)c4cc(C(C)(C)C)cc2c43)C2(C)CCC6(C)CC2)ccc1CC. The molecule has 1 saturated carbocycles. The summed E-state index contributed by atoms with van der Waals surface area (Å²) in [5.74, 6) is 0. The Balaban J connectivity index is 1.25. The van der Waals surface area contributed by atoms with Gasteiger partial charge in [0.05, 0.1) is 11.4 Å². The first-order valence-corrected chi connectivity index (χ1v) is 30.0. The first-order valence-electron chi connectivity index (χ1n) is 29.2. The fourth-order valence-electron chi connectivity index (χ4n) is 14.9. The molecule has 4 aliphatic carbocycles. The van der Waals surface area contributed by atoms with Gasteiger partial charge in [0.2, 0.25) is 0 Å². The van der Waals surface area contributed by atoms with Gasteiger partial charge in [-0.3, -0.25) is 0 Å². The smallest absolute Gasteiger partial charge is 0.264 e. The summed E-state index contributed by atoms with van der Waals surface area (Å²) < 4.78 is 2.93. The molecule has 0 saturated heterocycles. The highest BCUT2D eigenvalue weighted by molar-refractivity contribution is 7.33. The lowest BCUT2D eigenvalue weighted by molar-refractivity contribution is 0.188. The molecule has 6 aliphatic rings. The molecular formula is C71H85BN2S. The van der Waals surface area contributed by atoms with E-state index in [1.54, 1.807) is 11.1 Å². The van der Waals surface area contributed by atoms with Crippen molar-refractivity contribution in [1.82, 2.24) is 0 Å². The monoisotopic (exact) mass is 1010 g/mol. The van der Waals surface area contributed by atoms with Gasteiger partial charge in [0.25, 0.3) is 6.71 Å². The summed E-state index contributed by atoms with van der Waals surface area (Å²) >= 11 is 2.11. The molecule has 0 amide bonds. The van der Waals surface area contributed by atoms with Gasteiger partial charge < -0.3 is 9.80 Å². The third kappa shape index (κ3) is 7.81. The van der Waals surface area contributed by atoms with Crippen molar-refractivity contribution in [2.45, 2.75) is 213 Å². The van der Waals surface area contributed by atoms with Crippen LogP contribution in [0.5, 0.6) is 0 Å². The van der Waals surface area contributed by atoms with Crippen LogP contribution in [0.3, 0.4) is 0 Å². The third-order valence-electron chi connectivity index (χ3n) is 20.2. The van der Waals surface area contributed by atoms with E-state index in [1.165, 1.54) is 162 Å². The number of unbranched alkanes of at least 4 members (excludes halogenated alkanes) is 1. The van der Waals surface area contributed by atoms with Gasteiger partial charge in [0.15, 0.2) is 0 Å². The topological polar surface area (TPSA) is 6.48 Å². The van der Waals surface area contributed by atoms with Gasteiger partial charge in [-0.15, -0.1) is 11.3 Å². The lowest BCUT2D eigenvalue weighted by Crippen LogP contribution is -2.60. The molecule has 0 atom stereocenters. The van der Waals surface area contributed by atoms with Gasteiger partial charge >= 0.3 is 0 Å². The van der Waals surface area contributed by atoms with E-state index in [0.29, 0.717) is 0 Å². The van der Waals surface area contributed by atoms with Crippen molar-refractivity contribution in [3.63, 3.8) is 0 Å². The molecule has 0 N–H and O–H groups in total. The predicted molar refractivity (Wildman–Crippen MR) is 329 cm³/mol. The van der Waals surface area contributed by atoms with Gasteiger partial charge in [0.1, 0.15) is 0 Å². The Bertz CT molecular complexity index is 3450. The largest absolute Gasteiger partial charge is 0.311 e. The zero-order chi connectivity index (χ0) is 53.2. The van der Waals surface area contributed by atoms with E-state index in [1.807, 2.05) is 0 Å². The molecule has 388 valence electrons. The summed E-state index contributed by atoms with van der Waals surface area (Å²) in [5, 5.41) is 1.43. The lowest BCUT2D eigenvalue weighted by atomic mass is 9.36. The Morgan fingerprint density at radius 3 is 1.79 bits per heavy atom. The van der Waals surface area contributed by atoms with E-state index in [2.05, 4.69) is 235 Å². The van der Waals surface area contributed by atoms with Crippen molar-refractivity contribution in [2.24, 2.45) is 0 Å². The number of nitrogens with zero attached hydrogens (tertiary/aromatic N) is 2. The molecule has 2 aliphatic heterocycles. The van der Waals surface area contributed by atoms with Crippen molar-refractivity contribution < 1.29 is 0 Å². The Morgan fingerprint density at radius 2 is 1.17 bits per heavy atom. The van der Waals surface area contributed by atoms with Crippen LogP contribution < -0.4 is 25.5 Å². The molecule has 3 heterocycles. The van der Waals surface area contributed by atoms with Crippen LogP contribution in [0.25, 0.3) is 21.2 Å². The molecule has 75 heavy (non-hydrogen) atoms. The van der Waals surface area contributed by atoms with Crippen molar-refractivity contribution >= 4 is 78.0 Å². The maximum atomic E-state index is 2.85. The van der Waals surface area contributed by atoms with E-state index in [4.69, 9.17) is 0 Å². The van der Waals surface area contributed by atoms with Crippen molar-refractivity contribution in [3.05, 3.63) is 148 Å². The van der Waals surface area contributed by atoms with Gasteiger partial charge in [-0.25, -0.2) is 0 Å². The molecule has 13 rings (SSSR count). The fourth-order valence-corrected chi connectivity index (χ4v) is 16.2. The number of rotatable bonds is 8. The first-order chi connectivity index (χ1) is 35.3. The molecule has 0 radical (unpaired) electrons. The molecule has 7 aromatic rings. The van der Waals surface area contributed by atoms with E-state index in [-0.39, 0.29) is 44.6 Å². The fraction of sp³-hybridized carbons (Fsp3) is 0.465. The molecule has 4 heteroatoms. The van der Waals surface area contributed by atoms with Gasteiger partial charge in [-0.2, -0.15) is 0 Å². The van der Waals surface area contributed by atoms with Gasteiger partial charge in [0, 0.05) is 43.2 Å². The van der Waals surface area contributed by atoms with Crippen LogP contribution in [0.4, 0.5) is 34.1 Å². The molecular weight excluding hydrogens is 924 g/mol. The Hall–Kier alpha value is -5.06. The average molecular weight is 1010 g/mol. The van der Waals surface area contributed by atoms with E-state index < -0.39 is 0 Å². The minimum atomic E-state index is -0.127. The quantitative estimate of drug-likeness (QED) is 0.140. The maximum absolute atomic E-state index is 2.85. The van der Waals surface area contributed by atoms with Crippen LogP contribution >= 0.6 is 11.3 Å². The van der Waals surface area contributed by atoms with Crippen molar-refractivity contribution in [2.75, 3.05) is 9.80 Å². The van der Waals surface area contributed by atoms with Crippen molar-refractivity contribution in [3.8, 4) is 11.1 Å². The number of hydrogen-bond acceptors (Lipinski definition) is 3. The number of benzene rings is 6. The zero-order valence-corrected chi connectivity index (χ0v) is 49.6. The van der Waals surface area contributed by atoms with Gasteiger partial charge in [-0.1, -0.05) is 172 Å². The van der Waals surface area contributed by atoms with Crippen LogP contribution in [-0.4, -0.2) is 6.71 Å². The lowest BCUT2D eigenvalue weighted by Gasteiger charge is -2.52. The molecule has 2 bridgehead atoms. The predicted octanol–water partition coefficient (Wildman–Crippen LogP) is 18.7. The standard InChI is InChI=1S/C71H85BN2S/c1-17-19-29-67(9,10)51-39-48(27-25-44(51)18-2)73-57-28-26-46(65(3,4)5)36-56(57)72-62-59(73)37-47(66(6,7)8)38-60(62)74(63-50-41-54-55(43-61(50)75-64(63)72)71(16)34-32-70(54,15)33-35-71)58-42-53-52(68(11,12)30-31-69(53,13)14)40-49(58)45-23-21-20-22-24-45/h20-28,36-43H,17-19,29-35H2,1-16H3. The second-order valence-corrected chi connectivity index (χ2v) is 30.0. The second-order valence-electron chi connectivity index (χ2n) is 28.9. The van der Waals surface area contributed by atoms with Crippen LogP contribution in [0.2, 0.25) is 0 Å². The number of anilines is 6. The summed E-state index contributed by atoms with van der Waals surface area (Å²) in [6, 6.07) is 42.6. The minimum absolute atomic E-state index is 0.0219. The minimum Gasteiger partial charge on any atom is -0.311 e. The van der Waals surface area contributed by atoms with Crippen molar-refractivity contribution in [1.29, 1.82) is 0 Å². The Kier molecular flexibility index (Phi) is 11.5. The highest BCUT2D eigenvalue weighted by Crippen LogP contribution is 2.60. The van der Waals surface area contributed by atoms with E-state index in [0.717, 1.165) is 6.42 Å². The first kappa shape index (κ1) is 50.7. The van der Waals surface area contributed by atoms with Crippen LogP contribution in [-0.2, 0) is 44.3 Å². The second kappa shape index (κ2) is 17.0. The molecule has 0 unspecified atom stereocenters. The maximum Gasteiger partial charge on any atom is 0.264 e.